The van der Waals surface area contributed by atoms with E-state index >= 15 is 0 Å². The number of hydrogen-bond acceptors (Lipinski definition) is 9. The molecule has 0 aliphatic carbocycles. The smallest absolute Gasteiger partial charge is 0.286 e. The zero-order valence-electron chi connectivity index (χ0n) is 17.5. The van der Waals surface area contributed by atoms with E-state index in [0.29, 0.717) is 34.0 Å². The minimum atomic E-state index is -0.403. The van der Waals surface area contributed by atoms with E-state index in [1.807, 2.05) is 28.8 Å². The summed E-state index contributed by atoms with van der Waals surface area (Å²) < 4.78 is 20.5. The first-order valence-corrected chi connectivity index (χ1v) is 11.8. The summed E-state index contributed by atoms with van der Waals surface area (Å²) >= 11 is 2.61. The van der Waals surface area contributed by atoms with Gasteiger partial charge in [0.2, 0.25) is 5.01 Å². The van der Waals surface area contributed by atoms with E-state index in [1.54, 1.807) is 18.7 Å². The van der Waals surface area contributed by atoms with Crippen LogP contribution in [0.15, 0.2) is 76.8 Å². The van der Waals surface area contributed by atoms with E-state index in [2.05, 4.69) is 30.7 Å². The summed E-state index contributed by atoms with van der Waals surface area (Å²) in [5, 5.41) is 21.0. The number of furan rings is 1. The first-order chi connectivity index (χ1) is 16.7. The monoisotopic (exact) mass is 493 g/mol. The van der Waals surface area contributed by atoms with Crippen LogP contribution in [0.3, 0.4) is 0 Å². The van der Waals surface area contributed by atoms with E-state index < -0.39 is 5.91 Å². The molecule has 0 aliphatic heterocycles. The molecule has 1 amide bonds. The van der Waals surface area contributed by atoms with Gasteiger partial charge in [0.05, 0.1) is 18.6 Å². The molecule has 0 atom stereocenters. The first-order valence-electron chi connectivity index (χ1n) is 10.0. The van der Waals surface area contributed by atoms with Crippen molar-refractivity contribution in [2.45, 2.75) is 17.5 Å². The van der Waals surface area contributed by atoms with E-state index in [4.69, 9.17) is 4.42 Å². The molecular weight excluding hydrogens is 477 g/mol. The summed E-state index contributed by atoms with van der Waals surface area (Å²) in [5.74, 6) is 1.11. The minimum absolute atomic E-state index is 0.216. The Morgan fingerprint density at radius 2 is 1.97 bits per heavy atom. The maximum atomic E-state index is 13.1. The van der Waals surface area contributed by atoms with Gasteiger partial charge in [0, 0.05) is 23.6 Å². The summed E-state index contributed by atoms with van der Waals surface area (Å²) in [4.78, 5) is 16.6. The van der Waals surface area contributed by atoms with Crippen LogP contribution in [0, 0.1) is 5.82 Å². The second-order valence-electron chi connectivity index (χ2n) is 6.96. The van der Waals surface area contributed by atoms with Crippen molar-refractivity contribution in [3.05, 3.63) is 88.8 Å². The molecule has 4 aromatic heterocycles. The summed E-state index contributed by atoms with van der Waals surface area (Å²) in [6, 6.07) is 13.0. The number of nitrogens with zero attached hydrogens (tertiary/aromatic N) is 6. The number of hydrogen-bond donors (Lipinski definition) is 1. The van der Waals surface area contributed by atoms with Crippen molar-refractivity contribution in [1.82, 2.24) is 29.9 Å². The molecule has 4 heterocycles. The van der Waals surface area contributed by atoms with Gasteiger partial charge in [0.25, 0.3) is 5.91 Å². The number of amides is 1. The molecule has 1 aromatic carbocycles. The van der Waals surface area contributed by atoms with Gasteiger partial charge in [-0.3, -0.25) is 14.3 Å². The highest BCUT2D eigenvalue weighted by Crippen LogP contribution is 2.28. The fraction of sp³-hybridized carbons (Fsp3) is 0.0909. The highest BCUT2D eigenvalue weighted by Gasteiger charge is 2.18. The number of pyridine rings is 1. The molecule has 0 aliphatic rings. The molecule has 0 saturated heterocycles. The van der Waals surface area contributed by atoms with Crippen LogP contribution < -0.4 is 5.32 Å². The van der Waals surface area contributed by atoms with Gasteiger partial charge in [-0.25, -0.2) is 4.39 Å². The molecule has 0 unspecified atom stereocenters. The van der Waals surface area contributed by atoms with Crippen LogP contribution in [0.4, 0.5) is 10.1 Å². The van der Waals surface area contributed by atoms with Crippen LogP contribution >= 0.6 is 23.1 Å². The van der Waals surface area contributed by atoms with Crippen molar-refractivity contribution in [2.24, 2.45) is 0 Å². The van der Waals surface area contributed by atoms with Crippen LogP contribution in [-0.2, 0) is 12.3 Å². The Balaban J connectivity index is 1.30. The van der Waals surface area contributed by atoms with Crippen molar-refractivity contribution in [3.8, 4) is 11.4 Å². The lowest BCUT2D eigenvalue weighted by Gasteiger charge is -2.08. The van der Waals surface area contributed by atoms with Gasteiger partial charge in [0.15, 0.2) is 11.0 Å². The van der Waals surface area contributed by atoms with Gasteiger partial charge in [-0.1, -0.05) is 23.1 Å². The van der Waals surface area contributed by atoms with Crippen LogP contribution in [0.1, 0.15) is 20.6 Å². The van der Waals surface area contributed by atoms with Crippen LogP contribution in [0.2, 0.25) is 0 Å². The van der Waals surface area contributed by atoms with Crippen LogP contribution in [0.5, 0.6) is 0 Å². The van der Waals surface area contributed by atoms with Gasteiger partial charge in [0.1, 0.15) is 16.6 Å². The molecule has 0 radical (unpaired) electrons. The Kier molecular flexibility index (Phi) is 6.40. The van der Waals surface area contributed by atoms with Gasteiger partial charge in [-0.15, -0.1) is 20.4 Å². The van der Waals surface area contributed by atoms with Crippen molar-refractivity contribution < 1.29 is 13.6 Å². The predicted molar refractivity (Wildman–Crippen MR) is 125 cm³/mol. The van der Waals surface area contributed by atoms with Gasteiger partial charge in [-0.05, 0) is 48.5 Å². The van der Waals surface area contributed by atoms with E-state index in [9.17, 15) is 9.18 Å². The Hall–Kier alpha value is -3.90. The van der Waals surface area contributed by atoms with E-state index in [0.717, 1.165) is 11.3 Å². The number of halogens is 1. The Bertz CT molecular complexity index is 1390. The number of nitrogens with one attached hydrogen (secondary N) is 1. The highest BCUT2D eigenvalue weighted by molar-refractivity contribution is 7.98. The largest absolute Gasteiger partial charge is 0.467 e. The Labute approximate surface area is 201 Å². The minimum Gasteiger partial charge on any atom is -0.467 e. The lowest BCUT2D eigenvalue weighted by atomic mass is 10.2. The lowest BCUT2D eigenvalue weighted by molar-refractivity contribution is 0.102. The predicted octanol–water partition coefficient (Wildman–Crippen LogP) is 4.52. The average Bonchev–Trinajstić information content (AvgIpc) is 3.62. The molecule has 12 heteroatoms. The second kappa shape index (κ2) is 9.93. The third-order valence-electron chi connectivity index (χ3n) is 4.62. The molecule has 1 N–H and O–H groups in total. The molecule has 170 valence electrons. The highest BCUT2D eigenvalue weighted by atomic mass is 32.2. The fourth-order valence-electron chi connectivity index (χ4n) is 3.05. The molecule has 0 saturated carbocycles. The fourth-order valence-corrected chi connectivity index (χ4v) is 4.71. The molecule has 0 bridgehead atoms. The number of aromatic nitrogens is 6. The topological polar surface area (TPSA) is 112 Å². The van der Waals surface area contributed by atoms with Gasteiger partial charge in [-0.2, -0.15) is 0 Å². The quantitative estimate of drug-likeness (QED) is 0.314. The zero-order valence-corrected chi connectivity index (χ0v) is 19.1. The Morgan fingerprint density at radius 1 is 1.09 bits per heavy atom. The number of rotatable bonds is 8. The first kappa shape index (κ1) is 21.9. The van der Waals surface area contributed by atoms with Crippen LogP contribution in [0.25, 0.3) is 11.4 Å². The van der Waals surface area contributed by atoms with Crippen molar-refractivity contribution >= 4 is 34.7 Å². The van der Waals surface area contributed by atoms with Crippen LogP contribution in [-0.4, -0.2) is 35.9 Å². The average molecular weight is 494 g/mol. The number of benzene rings is 1. The standard InChI is InChI=1S/C22H16FN7O2S2/c23-15-5-7-16(8-6-15)25-20(31)21-28-26-18(34-21)13-33-22-29-27-19(14-3-1-9-24-11-14)30(22)12-17-4-2-10-32-17/h1-11H,12-13H2,(H,25,31). The van der Waals surface area contributed by atoms with Crippen molar-refractivity contribution in [1.29, 1.82) is 0 Å². The summed E-state index contributed by atoms with van der Waals surface area (Å²) in [7, 11) is 0. The summed E-state index contributed by atoms with van der Waals surface area (Å²) in [6.45, 7) is 0.452. The van der Waals surface area contributed by atoms with Crippen molar-refractivity contribution in [2.75, 3.05) is 5.32 Å². The van der Waals surface area contributed by atoms with Gasteiger partial charge < -0.3 is 9.73 Å². The van der Waals surface area contributed by atoms with Gasteiger partial charge >= 0.3 is 0 Å². The summed E-state index contributed by atoms with van der Waals surface area (Å²) in [5.41, 5.74) is 1.32. The number of carbonyl (C=O) groups excluding carboxylic acids is 1. The molecular formula is C22H16FN7O2S2. The number of thioether (sulfide) groups is 1. The molecule has 34 heavy (non-hydrogen) atoms. The zero-order chi connectivity index (χ0) is 23.3. The third-order valence-corrected chi connectivity index (χ3v) is 6.70. The van der Waals surface area contributed by atoms with E-state index in [1.165, 1.54) is 47.4 Å². The maximum absolute atomic E-state index is 13.1. The molecule has 5 rings (SSSR count). The Morgan fingerprint density at radius 3 is 2.74 bits per heavy atom. The lowest BCUT2D eigenvalue weighted by Crippen LogP contribution is -2.11. The maximum Gasteiger partial charge on any atom is 0.286 e. The normalized spacial score (nSPS) is 11.0. The van der Waals surface area contributed by atoms with Crippen molar-refractivity contribution in [3.63, 3.8) is 0 Å². The second-order valence-corrected chi connectivity index (χ2v) is 8.97. The number of carbonyl (C=O) groups is 1. The SMILES string of the molecule is O=C(Nc1ccc(F)cc1)c1nnc(CSc2nnc(-c3cccnc3)n2Cc2ccco2)s1. The molecule has 0 spiro atoms. The number of anilines is 1. The molecule has 5 aromatic rings. The third kappa shape index (κ3) is 5.02. The summed E-state index contributed by atoms with van der Waals surface area (Å²) in [6.07, 6.45) is 5.05. The van der Waals surface area contributed by atoms with E-state index in [-0.39, 0.29) is 10.8 Å². The molecule has 0 fully saturated rings. The molecule has 9 nitrogen and oxygen atoms in total.